The number of alkyl halides is 3. The van der Waals surface area contributed by atoms with Crippen LogP contribution in [0.4, 0.5) is 24.5 Å². The molecule has 1 heterocycles. The van der Waals surface area contributed by atoms with Crippen LogP contribution in [-0.2, 0) is 12.9 Å². The van der Waals surface area contributed by atoms with Gasteiger partial charge in [-0.05, 0) is 42.8 Å². The van der Waals surface area contributed by atoms with E-state index in [4.69, 9.17) is 4.74 Å². The largest absolute Gasteiger partial charge is 0.471 e. The van der Waals surface area contributed by atoms with E-state index in [0.717, 1.165) is 12.1 Å². The van der Waals surface area contributed by atoms with Crippen molar-refractivity contribution in [1.29, 1.82) is 0 Å². The molecule has 0 atom stereocenters. The van der Waals surface area contributed by atoms with Gasteiger partial charge in [-0.2, -0.15) is 18.3 Å². The van der Waals surface area contributed by atoms with Crippen LogP contribution in [0.3, 0.4) is 0 Å². The molecule has 1 amide bonds. The van der Waals surface area contributed by atoms with E-state index < -0.39 is 22.6 Å². The molecule has 0 aliphatic carbocycles. The van der Waals surface area contributed by atoms with Crippen molar-refractivity contribution < 1.29 is 27.6 Å². The molecule has 0 spiro atoms. The first-order valence-electron chi connectivity index (χ1n) is 8.53. The normalized spacial score (nSPS) is 11.2. The fourth-order valence-corrected chi connectivity index (χ4v) is 2.55. The average molecular weight is 420 g/mol. The zero-order valence-corrected chi connectivity index (χ0v) is 15.5. The third-order valence-electron chi connectivity index (χ3n) is 4.07. The Balaban J connectivity index is 1.64. The molecule has 0 bridgehead atoms. The Bertz CT molecular complexity index is 1100. The van der Waals surface area contributed by atoms with Gasteiger partial charge in [0.05, 0.1) is 10.5 Å². The van der Waals surface area contributed by atoms with E-state index in [-0.39, 0.29) is 23.9 Å². The van der Waals surface area contributed by atoms with Crippen molar-refractivity contribution >= 4 is 17.3 Å². The number of aryl methyl sites for hydroxylation is 1. The smallest absolute Gasteiger partial charge is 0.416 e. The molecule has 0 saturated carbocycles. The van der Waals surface area contributed by atoms with E-state index in [1.54, 1.807) is 6.92 Å². The predicted molar refractivity (Wildman–Crippen MR) is 100 cm³/mol. The SMILES string of the molecule is Cc1cc([N+](=O)[O-])ccc1NC(=O)c1ccn(COc2cccc(C(F)(F)F)c2)n1. The second-order valence-corrected chi connectivity index (χ2v) is 6.25. The number of ether oxygens (including phenoxy) is 1. The van der Waals surface area contributed by atoms with Crippen LogP contribution in [0.15, 0.2) is 54.7 Å². The number of nitro groups is 1. The fraction of sp³-hybridized carbons (Fsp3) is 0.158. The minimum Gasteiger partial charge on any atom is -0.471 e. The second-order valence-electron chi connectivity index (χ2n) is 6.25. The van der Waals surface area contributed by atoms with Crippen LogP contribution in [0, 0.1) is 17.0 Å². The van der Waals surface area contributed by atoms with Crippen LogP contribution in [-0.4, -0.2) is 20.6 Å². The van der Waals surface area contributed by atoms with Crippen LogP contribution < -0.4 is 10.1 Å². The summed E-state index contributed by atoms with van der Waals surface area (Å²) in [5.41, 5.74) is 0.00569. The van der Waals surface area contributed by atoms with Gasteiger partial charge in [-0.1, -0.05) is 6.07 Å². The van der Waals surface area contributed by atoms with Gasteiger partial charge in [0.2, 0.25) is 0 Å². The summed E-state index contributed by atoms with van der Waals surface area (Å²) < 4.78 is 44.8. The Morgan fingerprint density at radius 2 is 2.00 bits per heavy atom. The number of hydrogen-bond acceptors (Lipinski definition) is 5. The summed E-state index contributed by atoms with van der Waals surface area (Å²) in [5.74, 6) is -0.544. The number of carbonyl (C=O) groups is 1. The predicted octanol–water partition coefficient (Wildman–Crippen LogP) is 4.41. The summed E-state index contributed by atoms with van der Waals surface area (Å²) in [6, 6.07) is 9.83. The highest BCUT2D eigenvalue weighted by molar-refractivity contribution is 6.03. The lowest BCUT2D eigenvalue weighted by Crippen LogP contribution is -2.15. The molecule has 30 heavy (non-hydrogen) atoms. The quantitative estimate of drug-likeness (QED) is 0.471. The molecule has 1 N–H and O–H groups in total. The molecule has 0 saturated heterocycles. The number of nitrogens with one attached hydrogen (secondary N) is 1. The zero-order chi connectivity index (χ0) is 21.9. The summed E-state index contributed by atoms with van der Waals surface area (Å²) >= 11 is 0. The molecule has 0 unspecified atom stereocenters. The number of benzene rings is 2. The van der Waals surface area contributed by atoms with Crippen molar-refractivity contribution in [3.05, 3.63) is 81.7 Å². The first-order chi connectivity index (χ1) is 14.1. The summed E-state index contributed by atoms with van der Waals surface area (Å²) in [7, 11) is 0. The molecule has 1 aromatic heterocycles. The van der Waals surface area contributed by atoms with E-state index in [9.17, 15) is 28.1 Å². The number of aromatic nitrogens is 2. The Kier molecular flexibility index (Phi) is 5.72. The highest BCUT2D eigenvalue weighted by atomic mass is 19.4. The molecule has 11 heteroatoms. The third kappa shape index (κ3) is 4.93. The van der Waals surface area contributed by atoms with Gasteiger partial charge in [0, 0.05) is 24.0 Å². The van der Waals surface area contributed by atoms with Crippen molar-refractivity contribution in [2.75, 3.05) is 5.32 Å². The van der Waals surface area contributed by atoms with Crippen molar-refractivity contribution in [3.8, 4) is 5.75 Å². The Labute approximate surface area is 168 Å². The highest BCUT2D eigenvalue weighted by Gasteiger charge is 2.30. The number of carbonyl (C=O) groups excluding carboxylic acids is 1. The summed E-state index contributed by atoms with van der Waals surface area (Å²) in [6.07, 6.45) is -3.04. The molecule has 8 nitrogen and oxygen atoms in total. The van der Waals surface area contributed by atoms with Crippen LogP contribution in [0.1, 0.15) is 21.6 Å². The number of nitrogens with zero attached hydrogens (tertiary/aromatic N) is 3. The monoisotopic (exact) mass is 420 g/mol. The van der Waals surface area contributed by atoms with E-state index in [1.165, 1.54) is 47.3 Å². The average Bonchev–Trinajstić information content (AvgIpc) is 3.16. The van der Waals surface area contributed by atoms with Crippen molar-refractivity contribution in [3.63, 3.8) is 0 Å². The lowest BCUT2D eigenvalue weighted by Gasteiger charge is -2.10. The molecular weight excluding hydrogens is 405 g/mol. The number of anilines is 1. The van der Waals surface area contributed by atoms with Crippen molar-refractivity contribution in [2.45, 2.75) is 19.8 Å². The van der Waals surface area contributed by atoms with Gasteiger partial charge in [-0.3, -0.25) is 14.9 Å². The molecule has 0 aliphatic heterocycles. The maximum absolute atomic E-state index is 12.7. The molecule has 3 aromatic rings. The lowest BCUT2D eigenvalue weighted by molar-refractivity contribution is -0.384. The highest BCUT2D eigenvalue weighted by Crippen LogP contribution is 2.31. The van der Waals surface area contributed by atoms with Gasteiger partial charge in [-0.25, -0.2) is 4.68 Å². The number of nitro benzene ring substituents is 1. The third-order valence-corrected chi connectivity index (χ3v) is 4.07. The van der Waals surface area contributed by atoms with Crippen LogP contribution in [0.25, 0.3) is 0 Å². The summed E-state index contributed by atoms with van der Waals surface area (Å²) in [6.45, 7) is 1.41. The maximum atomic E-state index is 12.7. The van der Waals surface area contributed by atoms with E-state index in [0.29, 0.717) is 11.3 Å². The van der Waals surface area contributed by atoms with Gasteiger partial charge < -0.3 is 10.1 Å². The van der Waals surface area contributed by atoms with Gasteiger partial charge in [0.1, 0.15) is 5.75 Å². The number of amides is 1. The minimum atomic E-state index is -4.48. The van der Waals surface area contributed by atoms with Gasteiger partial charge >= 0.3 is 6.18 Å². The summed E-state index contributed by atoms with van der Waals surface area (Å²) in [4.78, 5) is 22.6. The lowest BCUT2D eigenvalue weighted by atomic mass is 10.1. The zero-order valence-electron chi connectivity index (χ0n) is 15.5. The molecule has 2 aromatic carbocycles. The molecule has 0 aliphatic rings. The number of non-ortho nitro benzene ring substituents is 1. The molecular formula is C19H15F3N4O4. The second kappa shape index (κ2) is 8.23. The van der Waals surface area contributed by atoms with Crippen LogP contribution in [0.2, 0.25) is 0 Å². The first kappa shape index (κ1) is 20.8. The Morgan fingerprint density at radius 3 is 2.67 bits per heavy atom. The van der Waals surface area contributed by atoms with Crippen LogP contribution in [0.5, 0.6) is 5.75 Å². The fourth-order valence-electron chi connectivity index (χ4n) is 2.55. The minimum absolute atomic E-state index is 0.00725. The first-order valence-corrected chi connectivity index (χ1v) is 8.53. The molecule has 0 radical (unpaired) electrons. The summed E-state index contributed by atoms with van der Waals surface area (Å²) in [5, 5.41) is 17.4. The van der Waals surface area contributed by atoms with E-state index >= 15 is 0 Å². The Hall–Kier alpha value is -3.89. The molecule has 0 fully saturated rings. The van der Waals surface area contributed by atoms with E-state index in [2.05, 4.69) is 10.4 Å². The van der Waals surface area contributed by atoms with Crippen molar-refractivity contribution in [1.82, 2.24) is 9.78 Å². The standard InChI is InChI=1S/C19H15F3N4O4/c1-12-9-14(26(28)29)5-6-16(12)23-18(27)17-7-8-25(24-17)11-30-15-4-2-3-13(10-15)19(20,21)22/h2-10H,11H2,1H3,(H,23,27). The van der Waals surface area contributed by atoms with Gasteiger partial charge in [-0.15, -0.1) is 0 Å². The van der Waals surface area contributed by atoms with Crippen molar-refractivity contribution in [2.24, 2.45) is 0 Å². The van der Waals surface area contributed by atoms with Gasteiger partial charge in [0.25, 0.3) is 11.6 Å². The van der Waals surface area contributed by atoms with E-state index in [1.807, 2.05) is 0 Å². The number of rotatable bonds is 6. The molecule has 156 valence electrons. The van der Waals surface area contributed by atoms with Gasteiger partial charge in [0.15, 0.2) is 12.4 Å². The van der Waals surface area contributed by atoms with Crippen LogP contribution >= 0.6 is 0 Å². The molecule has 3 rings (SSSR count). The Morgan fingerprint density at radius 1 is 1.23 bits per heavy atom. The topological polar surface area (TPSA) is 99.3 Å². The number of halogens is 3. The maximum Gasteiger partial charge on any atom is 0.416 e. The number of hydrogen-bond donors (Lipinski definition) is 1.